The van der Waals surface area contributed by atoms with Gasteiger partial charge in [-0.1, -0.05) is 25.7 Å². The summed E-state index contributed by atoms with van der Waals surface area (Å²) in [4.78, 5) is 0. The van der Waals surface area contributed by atoms with Crippen LogP contribution in [0, 0.1) is 11.8 Å². The van der Waals surface area contributed by atoms with Crippen LogP contribution in [0.1, 0.15) is 57.8 Å². The molecule has 0 amide bonds. The van der Waals surface area contributed by atoms with E-state index in [0.717, 1.165) is 32.1 Å². The van der Waals surface area contributed by atoms with Crippen LogP contribution in [0.4, 0.5) is 0 Å². The van der Waals surface area contributed by atoms with Crippen LogP contribution in [0.5, 0.6) is 0 Å². The van der Waals surface area contributed by atoms with Crippen molar-refractivity contribution < 1.29 is 13.5 Å². The van der Waals surface area contributed by atoms with E-state index in [9.17, 15) is 13.5 Å². The molecule has 1 N–H and O–H groups in total. The first kappa shape index (κ1) is 14.3. The van der Waals surface area contributed by atoms with Crippen molar-refractivity contribution in [3.63, 3.8) is 0 Å². The van der Waals surface area contributed by atoms with Gasteiger partial charge in [-0.3, -0.25) is 0 Å². The third-order valence-electron chi connectivity index (χ3n) is 4.89. The molecule has 0 aliphatic heterocycles. The van der Waals surface area contributed by atoms with Crippen LogP contribution in [0.3, 0.4) is 0 Å². The third-order valence-corrected chi connectivity index (χ3v) is 6.53. The summed E-state index contributed by atoms with van der Waals surface area (Å²) in [5.41, 5.74) is 0. The maximum Gasteiger partial charge on any atom is 0.150 e. The average molecular weight is 274 g/mol. The zero-order valence-electron chi connectivity index (χ0n) is 11.3. The van der Waals surface area contributed by atoms with Crippen molar-refractivity contribution in [3.05, 3.63) is 0 Å². The number of rotatable bonds is 3. The Labute approximate surface area is 111 Å². The van der Waals surface area contributed by atoms with Crippen molar-refractivity contribution >= 4 is 9.84 Å². The van der Waals surface area contributed by atoms with Crippen LogP contribution in [-0.4, -0.2) is 31.1 Å². The molecule has 2 aliphatic carbocycles. The van der Waals surface area contributed by atoms with Gasteiger partial charge >= 0.3 is 0 Å². The first-order valence-corrected chi connectivity index (χ1v) is 9.31. The van der Waals surface area contributed by atoms with E-state index in [2.05, 4.69) is 0 Å². The number of aliphatic hydroxyl groups is 1. The molecular weight excluding hydrogens is 248 g/mol. The van der Waals surface area contributed by atoms with E-state index in [0.29, 0.717) is 12.3 Å². The molecule has 3 unspecified atom stereocenters. The second kappa shape index (κ2) is 5.91. The number of hydrogen-bond donors (Lipinski definition) is 1. The molecule has 0 aromatic rings. The molecule has 106 valence electrons. The molecule has 2 rings (SSSR count). The molecule has 0 saturated heterocycles. The van der Waals surface area contributed by atoms with Crippen molar-refractivity contribution in [2.45, 2.75) is 69.1 Å². The Bertz CT molecular complexity index is 357. The summed E-state index contributed by atoms with van der Waals surface area (Å²) in [6, 6.07) is 0. The smallest absolute Gasteiger partial charge is 0.150 e. The zero-order chi connectivity index (χ0) is 13.2. The van der Waals surface area contributed by atoms with Gasteiger partial charge in [-0.25, -0.2) is 8.42 Å². The Morgan fingerprint density at radius 1 is 0.944 bits per heavy atom. The topological polar surface area (TPSA) is 54.4 Å². The maximum atomic E-state index is 11.6. The minimum absolute atomic E-state index is 0.210. The highest BCUT2D eigenvalue weighted by molar-refractivity contribution is 7.91. The molecule has 0 spiro atoms. The summed E-state index contributed by atoms with van der Waals surface area (Å²) in [5, 5.41) is 10.3. The lowest BCUT2D eigenvalue weighted by Gasteiger charge is -2.36. The van der Waals surface area contributed by atoms with Crippen LogP contribution in [0.15, 0.2) is 0 Å². The van der Waals surface area contributed by atoms with E-state index in [4.69, 9.17) is 0 Å². The van der Waals surface area contributed by atoms with Gasteiger partial charge in [0.15, 0.2) is 0 Å². The Morgan fingerprint density at radius 3 is 2.17 bits per heavy atom. The average Bonchev–Trinajstić information content (AvgIpc) is 2.38. The fraction of sp³-hybridized carbons (Fsp3) is 1.00. The van der Waals surface area contributed by atoms with Crippen molar-refractivity contribution in [2.24, 2.45) is 11.8 Å². The molecular formula is C14H26O3S. The van der Waals surface area contributed by atoms with E-state index < -0.39 is 9.84 Å². The standard InChI is InChI=1S/C14H26O3S/c1-18(16,17)13-9-5-8-12(10-13)14(15)11-6-3-2-4-7-11/h11-15H,2-10H2,1H3. The molecule has 0 aromatic carbocycles. The lowest BCUT2D eigenvalue weighted by molar-refractivity contribution is 0.0192. The lowest BCUT2D eigenvalue weighted by Crippen LogP contribution is -2.37. The fourth-order valence-corrected chi connectivity index (χ4v) is 4.93. The molecule has 0 heterocycles. The van der Waals surface area contributed by atoms with E-state index in [-0.39, 0.29) is 17.3 Å². The van der Waals surface area contributed by atoms with Crippen LogP contribution in [0.25, 0.3) is 0 Å². The quantitative estimate of drug-likeness (QED) is 0.860. The summed E-state index contributed by atoms with van der Waals surface area (Å²) in [6.45, 7) is 0. The third kappa shape index (κ3) is 3.47. The van der Waals surface area contributed by atoms with Gasteiger partial charge in [0, 0.05) is 6.26 Å². The van der Waals surface area contributed by atoms with Crippen LogP contribution < -0.4 is 0 Å². The Kier molecular flexibility index (Phi) is 4.70. The first-order valence-electron chi connectivity index (χ1n) is 7.35. The number of sulfone groups is 1. The summed E-state index contributed by atoms with van der Waals surface area (Å²) in [5.74, 6) is 0.628. The van der Waals surface area contributed by atoms with Gasteiger partial charge in [-0.15, -0.1) is 0 Å². The predicted octanol–water partition coefficient (Wildman–Crippen LogP) is 2.53. The Morgan fingerprint density at radius 2 is 1.56 bits per heavy atom. The molecule has 3 nitrogen and oxygen atoms in total. The number of hydrogen-bond acceptors (Lipinski definition) is 3. The van der Waals surface area contributed by atoms with E-state index >= 15 is 0 Å². The van der Waals surface area contributed by atoms with Gasteiger partial charge in [0.2, 0.25) is 0 Å². The molecule has 18 heavy (non-hydrogen) atoms. The van der Waals surface area contributed by atoms with E-state index in [1.807, 2.05) is 0 Å². The van der Waals surface area contributed by atoms with E-state index in [1.165, 1.54) is 25.5 Å². The minimum Gasteiger partial charge on any atom is -0.393 e. The van der Waals surface area contributed by atoms with Gasteiger partial charge in [-0.2, -0.15) is 0 Å². The van der Waals surface area contributed by atoms with Gasteiger partial charge in [-0.05, 0) is 43.9 Å². The normalized spacial score (nSPS) is 33.2. The number of aliphatic hydroxyl groups excluding tert-OH is 1. The highest BCUT2D eigenvalue weighted by Gasteiger charge is 2.35. The van der Waals surface area contributed by atoms with E-state index in [1.54, 1.807) is 0 Å². The van der Waals surface area contributed by atoms with Crippen molar-refractivity contribution in [3.8, 4) is 0 Å². The maximum absolute atomic E-state index is 11.6. The van der Waals surface area contributed by atoms with Crippen LogP contribution >= 0.6 is 0 Å². The van der Waals surface area contributed by atoms with Crippen molar-refractivity contribution in [2.75, 3.05) is 6.26 Å². The monoisotopic (exact) mass is 274 g/mol. The van der Waals surface area contributed by atoms with Gasteiger partial charge < -0.3 is 5.11 Å². The first-order chi connectivity index (χ1) is 8.48. The van der Waals surface area contributed by atoms with Gasteiger partial charge in [0.1, 0.15) is 9.84 Å². The predicted molar refractivity (Wildman–Crippen MR) is 73.2 cm³/mol. The fourth-order valence-electron chi connectivity index (χ4n) is 3.74. The van der Waals surface area contributed by atoms with Gasteiger partial charge in [0.25, 0.3) is 0 Å². The summed E-state index contributed by atoms with van der Waals surface area (Å²) >= 11 is 0. The minimum atomic E-state index is -2.93. The van der Waals surface area contributed by atoms with Crippen LogP contribution in [0.2, 0.25) is 0 Å². The SMILES string of the molecule is CS(=O)(=O)C1CCCC(C(O)C2CCCCC2)C1. The summed E-state index contributed by atoms with van der Waals surface area (Å²) in [7, 11) is -2.93. The molecule has 2 fully saturated rings. The largest absolute Gasteiger partial charge is 0.393 e. The van der Waals surface area contributed by atoms with Crippen LogP contribution in [-0.2, 0) is 9.84 Å². The lowest BCUT2D eigenvalue weighted by atomic mass is 9.75. The van der Waals surface area contributed by atoms with Crippen molar-refractivity contribution in [1.82, 2.24) is 0 Å². The highest BCUT2D eigenvalue weighted by Crippen LogP contribution is 2.37. The molecule has 0 radical (unpaired) electrons. The molecule has 0 aromatic heterocycles. The Hall–Kier alpha value is -0.0900. The van der Waals surface area contributed by atoms with Crippen molar-refractivity contribution in [1.29, 1.82) is 0 Å². The summed E-state index contributed by atoms with van der Waals surface area (Å²) < 4.78 is 23.3. The molecule has 4 heteroatoms. The zero-order valence-corrected chi connectivity index (χ0v) is 12.2. The second-order valence-corrected chi connectivity index (χ2v) is 8.59. The summed E-state index contributed by atoms with van der Waals surface area (Å²) in [6.07, 6.45) is 10.5. The molecule has 2 aliphatic rings. The highest BCUT2D eigenvalue weighted by atomic mass is 32.2. The Balaban J connectivity index is 1.95. The van der Waals surface area contributed by atoms with Gasteiger partial charge in [0.05, 0.1) is 11.4 Å². The molecule has 2 saturated carbocycles. The molecule has 0 bridgehead atoms. The second-order valence-electron chi connectivity index (χ2n) is 6.27. The molecule has 3 atom stereocenters.